The molecular weight excluding hydrogens is 236 g/mol. The summed E-state index contributed by atoms with van der Waals surface area (Å²) < 4.78 is 9.69. The van der Waals surface area contributed by atoms with Crippen molar-refractivity contribution in [3.05, 3.63) is 0 Å². The Labute approximate surface area is 109 Å². The Morgan fingerprint density at radius 3 is 2.56 bits per heavy atom. The van der Waals surface area contributed by atoms with Gasteiger partial charge in [-0.3, -0.25) is 9.59 Å². The van der Waals surface area contributed by atoms with E-state index in [9.17, 15) is 9.59 Å². The molecule has 0 aliphatic rings. The fourth-order valence-corrected chi connectivity index (χ4v) is 1.28. The van der Waals surface area contributed by atoms with Gasteiger partial charge in [0, 0.05) is 33.2 Å². The van der Waals surface area contributed by atoms with Crippen LogP contribution in [0, 0.1) is 0 Å². The molecule has 1 amide bonds. The SMILES string of the molecule is CCOC(=O)CCC(=O)NCCN(C)CCOC. The van der Waals surface area contributed by atoms with Gasteiger partial charge in [0.25, 0.3) is 0 Å². The van der Waals surface area contributed by atoms with Crippen molar-refractivity contribution in [3.63, 3.8) is 0 Å². The zero-order valence-corrected chi connectivity index (χ0v) is 11.5. The number of hydrogen-bond acceptors (Lipinski definition) is 5. The molecule has 0 heterocycles. The molecule has 0 unspecified atom stereocenters. The molecule has 0 spiro atoms. The Morgan fingerprint density at radius 1 is 1.22 bits per heavy atom. The van der Waals surface area contributed by atoms with Crippen molar-refractivity contribution < 1.29 is 19.1 Å². The number of carbonyl (C=O) groups is 2. The number of nitrogens with one attached hydrogen (secondary N) is 1. The highest BCUT2D eigenvalue weighted by Gasteiger charge is 2.07. The predicted molar refractivity (Wildman–Crippen MR) is 68.2 cm³/mol. The maximum atomic E-state index is 11.4. The van der Waals surface area contributed by atoms with Gasteiger partial charge in [-0.15, -0.1) is 0 Å². The summed E-state index contributed by atoms with van der Waals surface area (Å²) in [7, 11) is 3.62. The number of carbonyl (C=O) groups excluding carboxylic acids is 2. The van der Waals surface area contributed by atoms with Gasteiger partial charge in [-0.2, -0.15) is 0 Å². The summed E-state index contributed by atoms with van der Waals surface area (Å²) in [5.41, 5.74) is 0. The summed E-state index contributed by atoms with van der Waals surface area (Å²) in [5.74, 6) is -0.451. The monoisotopic (exact) mass is 260 g/mol. The molecule has 0 aromatic rings. The van der Waals surface area contributed by atoms with Crippen LogP contribution in [0.5, 0.6) is 0 Å². The first-order chi connectivity index (χ1) is 8.60. The van der Waals surface area contributed by atoms with E-state index in [1.165, 1.54) is 0 Å². The van der Waals surface area contributed by atoms with E-state index in [0.717, 1.165) is 13.1 Å². The van der Waals surface area contributed by atoms with Crippen LogP contribution in [0.15, 0.2) is 0 Å². The highest BCUT2D eigenvalue weighted by atomic mass is 16.5. The van der Waals surface area contributed by atoms with Crippen molar-refractivity contribution in [1.29, 1.82) is 0 Å². The molecule has 0 fully saturated rings. The summed E-state index contributed by atoms with van der Waals surface area (Å²) in [6.45, 7) is 4.93. The number of likely N-dealkylation sites (N-methyl/N-ethyl adjacent to an activating group) is 1. The average molecular weight is 260 g/mol. The summed E-state index contributed by atoms with van der Waals surface area (Å²) >= 11 is 0. The molecular formula is C12H24N2O4. The van der Waals surface area contributed by atoms with Crippen molar-refractivity contribution in [2.75, 3.05) is 47.0 Å². The third-order valence-corrected chi connectivity index (χ3v) is 2.35. The van der Waals surface area contributed by atoms with Crippen LogP contribution in [0.2, 0.25) is 0 Å². The molecule has 106 valence electrons. The van der Waals surface area contributed by atoms with E-state index in [1.807, 2.05) is 7.05 Å². The van der Waals surface area contributed by atoms with E-state index in [1.54, 1.807) is 14.0 Å². The Balaban J connectivity index is 3.50. The van der Waals surface area contributed by atoms with Gasteiger partial charge in [-0.1, -0.05) is 0 Å². The standard InChI is InChI=1S/C12H24N2O4/c1-4-18-12(16)6-5-11(15)13-7-8-14(2)9-10-17-3/h4-10H2,1-3H3,(H,13,15). The van der Waals surface area contributed by atoms with Crippen molar-refractivity contribution >= 4 is 11.9 Å². The fourth-order valence-electron chi connectivity index (χ4n) is 1.28. The van der Waals surface area contributed by atoms with Crippen molar-refractivity contribution in [1.82, 2.24) is 10.2 Å². The van der Waals surface area contributed by atoms with Crippen molar-refractivity contribution in [2.24, 2.45) is 0 Å². The van der Waals surface area contributed by atoms with Crippen LogP contribution in [-0.2, 0) is 19.1 Å². The molecule has 0 radical (unpaired) electrons. The molecule has 0 bridgehead atoms. The summed E-state index contributed by atoms with van der Waals surface area (Å²) in [5, 5.41) is 2.76. The minimum atomic E-state index is -0.329. The predicted octanol–water partition coefficient (Wildman–Crippen LogP) is 0.0241. The minimum absolute atomic E-state index is 0.122. The molecule has 0 aliphatic carbocycles. The second-order valence-corrected chi connectivity index (χ2v) is 3.95. The highest BCUT2D eigenvalue weighted by Crippen LogP contribution is 1.92. The van der Waals surface area contributed by atoms with Crippen molar-refractivity contribution in [3.8, 4) is 0 Å². The van der Waals surface area contributed by atoms with Gasteiger partial charge in [-0.05, 0) is 14.0 Å². The first-order valence-electron chi connectivity index (χ1n) is 6.20. The fraction of sp³-hybridized carbons (Fsp3) is 0.833. The molecule has 0 saturated heterocycles. The zero-order chi connectivity index (χ0) is 13.8. The average Bonchev–Trinajstić information content (AvgIpc) is 2.34. The topological polar surface area (TPSA) is 67.9 Å². The van der Waals surface area contributed by atoms with Gasteiger partial charge in [0.15, 0.2) is 0 Å². The largest absolute Gasteiger partial charge is 0.466 e. The zero-order valence-electron chi connectivity index (χ0n) is 11.5. The molecule has 0 aromatic carbocycles. The van der Waals surface area contributed by atoms with Gasteiger partial charge < -0.3 is 19.7 Å². The molecule has 0 atom stereocenters. The maximum absolute atomic E-state index is 11.4. The Hall–Kier alpha value is -1.14. The number of hydrogen-bond donors (Lipinski definition) is 1. The number of esters is 1. The summed E-state index contributed by atoms with van der Waals surface area (Å²) in [6.07, 6.45) is 0.319. The summed E-state index contributed by atoms with van der Waals surface area (Å²) in [6, 6.07) is 0. The molecule has 6 heteroatoms. The highest BCUT2D eigenvalue weighted by molar-refractivity contribution is 5.81. The lowest BCUT2D eigenvalue weighted by Crippen LogP contribution is -2.34. The second-order valence-electron chi connectivity index (χ2n) is 3.95. The first-order valence-corrected chi connectivity index (χ1v) is 6.20. The van der Waals surface area contributed by atoms with Crippen LogP contribution < -0.4 is 5.32 Å². The van der Waals surface area contributed by atoms with Gasteiger partial charge in [0.2, 0.25) is 5.91 Å². The van der Waals surface area contributed by atoms with E-state index in [4.69, 9.17) is 9.47 Å². The number of methoxy groups -OCH3 is 1. The van der Waals surface area contributed by atoms with Crippen LogP contribution >= 0.6 is 0 Å². The molecule has 18 heavy (non-hydrogen) atoms. The Kier molecular flexibility index (Phi) is 10.3. The number of nitrogens with zero attached hydrogens (tertiary/aromatic N) is 1. The van der Waals surface area contributed by atoms with Gasteiger partial charge >= 0.3 is 5.97 Å². The third kappa shape index (κ3) is 10.0. The minimum Gasteiger partial charge on any atom is -0.466 e. The second kappa shape index (κ2) is 11.0. The van der Waals surface area contributed by atoms with E-state index in [-0.39, 0.29) is 24.7 Å². The van der Waals surface area contributed by atoms with Crippen LogP contribution in [-0.4, -0.2) is 63.8 Å². The Bertz CT molecular complexity index is 246. The molecule has 6 nitrogen and oxygen atoms in total. The van der Waals surface area contributed by atoms with Gasteiger partial charge in [0.1, 0.15) is 0 Å². The quantitative estimate of drug-likeness (QED) is 0.561. The Morgan fingerprint density at radius 2 is 1.94 bits per heavy atom. The van der Waals surface area contributed by atoms with E-state index in [0.29, 0.717) is 19.8 Å². The van der Waals surface area contributed by atoms with Crippen LogP contribution in [0.4, 0.5) is 0 Å². The molecule has 1 N–H and O–H groups in total. The van der Waals surface area contributed by atoms with E-state index in [2.05, 4.69) is 10.2 Å². The van der Waals surface area contributed by atoms with E-state index < -0.39 is 0 Å². The summed E-state index contributed by atoms with van der Waals surface area (Å²) in [4.78, 5) is 24.5. The van der Waals surface area contributed by atoms with Crippen LogP contribution in [0.3, 0.4) is 0 Å². The molecule has 0 rings (SSSR count). The van der Waals surface area contributed by atoms with Gasteiger partial charge in [0.05, 0.1) is 19.6 Å². The van der Waals surface area contributed by atoms with Crippen LogP contribution in [0.1, 0.15) is 19.8 Å². The lowest BCUT2D eigenvalue weighted by molar-refractivity contribution is -0.144. The molecule has 0 saturated carbocycles. The van der Waals surface area contributed by atoms with Crippen LogP contribution in [0.25, 0.3) is 0 Å². The van der Waals surface area contributed by atoms with Gasteiger partial charge in [-0.25, -0.2) is 0 Å². The number of rotatable bonds is 10. The smallest absolute Gasteiger partial charge is 0.306 e. The maximum Gasteiger partial charge on any atom is 0.306 e. The molecule has 0 aromatic heterocycles. The van der Waals surface area contributed by atoms with E-state index >= 15 is 0 Å². The number of amides is 1. The third-order valence-electron chi connectivity index (χ3n) is 2.35. The number of ether oxygens (including phenoxy) is 2. The lowest BCUT2D eigenvalue weighted by atomic mass is 10.3. The first kappa shape index (κ1) is 16.9. The lowest BCUT2D eigenvalue weighted by Gasteiger charge is -2.16. The molecule has 0 aliphatic heterocycles. The normalized spacial score (nSPS) is 10.4. The van der Waals surface area contributed by atoms with Crippen molar-refractivity contribution in [2.45, 2.75) is 19.8 Å².